The van der Waals surface area contributed by atoms with Gasteiger partial charge in [-0.25, -0.2) is 0 Å². The van der Waals surface area contributed by atoms with E-state index < -0.39 is 0 Å². The van der Waals surface area contributed by atoms with Gasteiger partial charge in [-0.3, -0.25) is 9.59 Å². The minimum atomic E-state index is -0.0171. The molecule has 0 aromatic heterocycles. The Labute approximate surface area is 157 Å². The highest BCUT2D eigenvalue weighted by atomic mass is 16.6. The monoisotopic (exact) mass is 376 g/mol. The van der Waals surface area contributed by atoms with Gasteiger partial charge in [0.2, 0.25) is 11.8 Å². The van der Waals surface area contributed by atoms with Crippen molar-refractivity contribution in [2.75, 3.05) is 80.0 Å². The Balaban J connectivity index is 3.29. The van der Waals surface area contributed by atoms with Gasteiger partial charge in [0.25, 0.3) is 0 Å². The van der Waals surface area contributed by atoms with E-state index in [2.05, 4.69) is 13.8 Å². The first-order chi connectivity index (χ1) is 12.3. The zero-order valence-corrected chi connectivity index (χ0v) is 17.0. The van der Waals surface area contributed by atoms with Crippen LogP contribution in [0.2, 0.25) is 0 Å². The fourth-order valence-corrected chi connectivity index (χ4v) is 1.94. The largest absolute Gasteiger partial charge is 0.377 e. The van der Waals surface area contributed by atoms with Crippen molar-refractivity contribution in [2.24, 2.45) is 5.92 Å². The normalized spacial score (nSPS) is 11.0. The van der Waals surface area contributed by atoms with Gasteiger partial charge in [0, 0.05) is 34.1 Å². The van der Waals surface area contributed by atoms with E-state index in [4.69, 9.17) is 18.9 Å². The Morgan fingerprint density at radius 1 is 0.769 bits per heavy atom. The minimum absolute atomic E-state index is 0.0171. The van der Waals surface area contributed by atoms with Crippen LogP contribution in [0, 0.1) is 5.92 Å². The molecule has 0 radical (unpaired) electrons. The molecule has 0 aromatic rings. The van der Waals surface area contributed by atoms with Gasteiger partial charge in [0.15, 0.2) is 0 Å². The number of rotatable bonds is 16. The van der Waals surface area contributed by atoms with Gasteiger partial charge < -0.3 is 28.7 Å². The van der Waals surface area contributed by atoms with Gasteiger partial charge in [0.05, 0.1) is 46.2 Å². The highest BCUT2D eigenvalue weighted by Gasteiger charge is 2.09. The Morgan fingerprint density at radius 2 is 1.23 bits per heavy atom. The molecular weight excluding hydrogens is 340 g/mol. The third kappa shape index (κ3) is 15.1. The molecule has 0 heterocycles. The maximum atomic E-state index is 11.7. The molecule has 0 rings (SSSR count). The average molecular weight is 376 g/mol. The van der Waals surface area contributed by atoms with Crippen molar-refractivity contribution in [3.8, 4) is 0 Å². The van der Waals surface area contributed by atoms with Crippen LogP contribution in [0.4, 0.5) is 0 Å². The molecule has 0 aliphatic carbocycles. The van der Waals surface area contributed by atoms with Gasteiger partial charge in [0.1, 0.15) is 6.61 Å². The van der Waals surface area contributed by atoms with Crippen LogP contribution in [0.1, 0.15) is 20.8 Å². The first kappa shape index (κ1) is 24.8. The molecule has 0 atom stereocenters. The predicted molar refractivity (Wildman–Crippen MR) is 99.1 cm³/mol. The van der Waals surface area contributed by atoms with Crippen molar-refractivity contribution in [1.82, 2.24) is 9.80 Å². The standard InChI is InChI=1S/C18H36N2O6/c1-16(2)14-20(5)18(22)15-26-13-12-25-11-10-24-9-8-23-7-6-19(4)17(3)21/h16H,6-15H2,1-5H3. The predicted octanol–water partition coefficient (Wildman–Crippen LogP) is 0.646. The van der Waals surface area contributed by atoms with Crippen molar-refractivity contribution in [2.45, 2.75) is 20.8 Å². The summed E-state index contributed by atoms with van der Waals surface area (Å²) in [5, 5.41) is 0. The fourth-order valence-electron chi connectivity index (χ4n) is 1.94. The molecule has 0 aliphatic heterocycles. The second kappa shape index (κ2) is 16.0. The molecule has 0 bridgehead atoms. The van der Waals surface area contributed by atoms with Crippen LogP contribution in [-0.4, -0.2) is 102 Å². The molecule has 8 nitrogen and oxygen atoms in total. The summed E-state index contributed by atoms with van der Waals surface area (Å²) in [6, 6.07) is 0. The zero-order chi connectivity index (χ0) is 19.8. The summed E-state index contributed by atoms with van der Waals surface area (Å²) in [6.45, 7) is 10.3. The summed E-state index contributed by atoms with van der Waals surface area (Å²) in [5.41, 5.74) is 0. The first-order valence-electron chi connectivity index (χ1n) is 9.11. The van der Waals surface area contributed by atoms with Gasteiger partial charge >= 0.3 is 0 Å². The second-order valence-electron chi connectivity index (χ2n) is 6.50. The number of hydrogen-bond donors (Lipinski definition) is 0. The van der Waals surface area contributed by atoms with Crippen molar-refractivity contribution in [3.05, 3.63) is 0 Å². The smallest absolute Gasteiger partial charge is 0.248 e. The quantitative estimate of drug-likeness (QED) is 0.368. The average Bonchev–Trinajstić information content (AvgIpc) is 2.57. The summed E-state index contributed by atoms with van der Waals surface area (Å²) in [4.78, 5) is 26.0. The Kier molecular flexibility index (Phi) is 15.2. The number of nitrogens with zero attached hydrogens (tertiary/aromatic N) is 2. The molecule has 0 aliphatic rings. The zero-order valence-electron chi connectivity index (χ0n) is 17.0. The molecule has 2 amide bonds. The van der Waals surface area contributed by atoms with Gasteiger partial charge in [-0.2, -0.15) is 0 Å². The summed E-state index contributed by atoms with van der Waals surface area (Å²) < 4.78 is 21.4. The van der Waals surface area contributed by atoms with E-state index in [1.807, 2.05) is 0 Å². The molecule has 0 saturated heterocycles. The van der Waals surface area contributed by atoms with Gasteiger partial charge in [-0.15, -0.1) is 0 Å². The maximum absolute atomic E-state index is 11.7. The minimum Gasteiger partial charge on any atom is -0.377 e. The van der Waals surface area contributed by atoms with Crippen LogP contribution in [0.5, 0.6) is 0 Å². The molecule has 154 valence electrons. The SMILES string of the molecule is CC(=O)N(C)CCOCCOCCOCCOCC(=O)N(C)CC(C)C. The highest BCUT2D eigenvalue weighted by Crippen LogP contribution is 1.96. The molecule has 0 aromatic carbocycles. The summed E-state index contributed by atoms with van der Waals surface area (Å²) in [7, 11) is 3.52. The van der Waals surface area contributed by atoms with Gasteiger partial charge in [-0.1, -0.05) is 13.8 Å². The molecule has 0 fully saturated rings. The van der Waals surface area contributed by atoms with Crippen LogP contribution in [0.15, 0.2) is 0 Å². The van der Waals surface area contributed by atoms with E-state index in [1.54, 1.807) is 23.9 Å². The molecule has 0 unspecified atom stereocenters. The van der Waals surface area contributed by atoms with Crippen molar-refractivity contribution in [1.29, 1.82) is 0 Å². The van der Waals surface area contributed by atoms with E-state index in [0.29, 0.717) is 58.7 Å². The molecule has 0 N–H and O–H groups in total. The number of likely N-dealkylation sites (N-methyl/N-ethyl adjacent to an activating group) is 2. The first-order valence-corrected chi connectivity index (χ1v) is 9.11. The molecular formula is C18H36N2O6. The van der Waals surface area contributed by atoms with Crippen LogP contribution in [0.25, 0.3) is 0 Å². The second-order valence-corrected chi connectivity index (χ2v) is 6.50. The third-order valence-electron chi connectivity index (χ3n) is 3.51. The molecule has 0 saturated carbocycles. The number of hydrogen-bond acceptors (Lipinski definition) is 6. The van der Waals surface area contributed by atoms with Crippen LogP contribution in [-0.2, 0) is 28.5 Å². The lowest BCUT2D eigenvalue weighted by Gasteiger charge is -2.19. The van der Waals surface area contributed by atoms with Crippen LogP contribution in [0.3, 0.4) is 0 Å². The Bertz CT molecular complexity index is 379. The Morgan fingerprint density at radius 3 is 1.69 bits per heavy atom. The van der Waals surface area contributed by atoms with Crippen LogP contribution >= 0.6 is 0 Å². The van der Waals surface area contributed by atoms with Crippen LogP contribution < -0.4 is 0 Å². The number of amides is 2. The lowest BCUT2D eigenvalue weighted by Crippen LogP contribution is -2.33. The van der Waals surface area contributed by atoms with E-state index >= 15 is 0 Å². The van der Waals surface area contributed by atoms with Crippen molar-refractivity contribution in [3.63, 3.8) is 0 Å². The topological polar surface area (TPSA) is 77.5 Å². The highest BCUT2D eigenvalue weighted by molar-refractivity contribution is 5.77. The summed E-state index contributed by atoms with van der Waals surface area (Å²) in [5.74, 6) is 0.453. The summed E-state index contributed by atoms with van der Waals surface area (Å²) in [6.07, 6.45) is 0. The van der Waals surface area contributed by atoms with Crippen molar-refractivity contribution < 1.29 is 28.5 Å². The van der Waals surface area contributed by atoms with E-state index in [0.717, 1.165) is 6.54 Å². The number of ether oxygens (including phenoxy) is 4. The lowest BCUT2D eigenvalue weighted by atomic mass is 10.2. The van der Waals surface area contributed by atoms with Gasteiger partial charge in [-0.05, 0) is 5.92 Å². The Hall–Kier alpha value is -1.22. The van der Waals surface area contributed by atoms with E-state index in [-0.39, 0.29) is 18.4 Å². The number of carbonyl (C=O) groups is 2. The van der Waals surface area contributed by atoms with E-state index in [9.17, 15) is 9.59 Å². The molecule has 0 spiro atoms. The third-order valence-corrected chi connectivity index (χ3v) is 3.51. The summed E-state index contributed by atoms with van der Waals surface area (Å²) >= 11 is 0. The van der Waals surface area contributed by atoms with E-state index in [1.165, 1.54) is 6.92 Å². The molecule has 8 heteroatoms. The lowest BCUT2D eigenvalue weighted by molar-refractivity contribution is -0.135. The number of carbonyl (C=O) groups excluding carboxylic acids is 2. The van der Waals surface area contributed by atoms with Crippen molar-refractivity contribution >= 4 is 11.8 Å². The molecule has 26 heavy (non-hydrogen) atoms. The maximum Gasteiger partial charge on any atom is 0.248 e. The fraction of sp³-hybridized carbons (Fsp3) is 0.889.